The van der Waals surface area contributed by atoms with Crippen LogP contribution < -0.4 is 15.2 Å². The van der Waals surface area contributed by atoms with Gasteiger partial charge in [0.2, 0.25) is 5.91 Å². The fourth-order valence-electron chi connectivity index (χ4n) is 4.26. The number of aromatic nitrogens is 2. The number of aryl methyl sites for hydroxylation is 1. The molecular weight excluding hydrogens is 424 g/mol. The molecule has 0 saturated carbocycles. The van der Waals surface area contributed by atoms with E-state index in [1.807, 2.05) is 60.4 Å². The number of rotatable bonds is 4. The predicted molar refractivity (Wildman–Crippen MR) is 128 cm³/mol. The van der Waals surface area contributed by atoms with Gasteiger partial charge in [-0.15, -0.1) is 11.3 Å². The molecule has 0 radical (unpaired) electrons. The number of piperazine rings is 1. The van der Waals surface area contributed by atoms with E-state index in [9.17, 15) is 9.59 Å². The van der Waals surface area contributed by atoms with Crippen LogP contribution in [0.2, 0.25) is 0 Å². The van der Waals surface area contributed by atoms with Gasteiger partial charge in [0.1, 0.15) is 12.3 Å². The van der Waals surface area contributed by atoms with Gasteiger partial charge >= 0.3 is 0 Å². The summed E-state index contributed by atoms with van der Waals surface area (Å²) in [6, 6.07) is 15.8. The quantitative estimate of drug-likeness (QED) is 0.479. The van der Waals surface area contributed by atoms with Crippen molar-refractivity contribution in [3.05, 3.63) is 64.6 Å². The van der Waals surface area contributed by atoms with Crippen molar-refractivity contribution in [1.29, 1.82) is 0 Å². The van der Waals surface area contributed by atoms with Gasteiger partial charge < -0.3 is 14.5 Å². The zero-order chi connectivity index (χ0) is 22.2. The predicted octanol–water partition coefficient (Wildman–Crippen LogP) is 3.28. The van der Waals surface area contributed by atoms with E-state index >= 15 is 0 Å². The largest absolute Gasteiger partial charge is 0.497 e. The molecule has 0 atom stereocenters. The van der Waals surface area contributed by atoms with Crippen molar-refractivity contribution < 1.29 is 9.53 Å². The summed E-state index contributed by atoms with van der Waals surface area (Å²) in [5.41, 5.74) is 1.69. The first kappa shape index (κ1) is 20.5. The molecule has 0 unspecified atom stereocenters. The van der Waals surface area contributed by atoms with Crippen molar-refractivity contribution in [2.24, 2.45) is 0 Å². The highest BCUT2D eigenvalue weighted by Gasteiger charge is 2.23. The van der Waals surface area contributed by atoms with Crippen LogP contribution in [0.3, 0.4) is 0 Å². The van der Waals surface area contributed by atoms with Crippen LogP contribution in [-0.4, -0.2) is 53.9 Å². The van der Waals surface area contributed by atoms with Crippen molar-refractivity contribution >= 4 is 43.1 Å². The third-order valence-electron chi connectivity index (χ3n) is 6.00. The minimum Gasteiger partial charge on any atom is -0.497 e. The average molecular weight is 449 g/mol. The third-order valence-corrected chi connectivity index (χ3v) is 7.28. The van der Waals surface area contributed by atoms with Crippen LogP contribution in [0.1, 0.15) is 5.69 Å². The molecule has 1 amide bonds. The first-order valence-corrected chi connectivity index (χ1v) is 11.4. The molecule has 0 spiro atoms. The standard InChI is InChI=1S/C24H24N4O3S/c1-16-23-22(19-5-3-4-6-20(19)32-23)24(30)28(25-16)15-21(29)27-13-11-26(12-14-27)17-7-9-18(31-2)10-8-17/h3-10H,11-15H2,1-2H3. The number of amides is 1. The lowest BCUT2D eigenvalue weighted by Gasteiger charge is -2.36. The Kier molecular flexibility index (Phi) is 5.30. The Morgan fingerprint density at radius 1 is 1.06 bits per heavy atom. The summed E-state index contributed by atoms with van der Waals surface area (Å²) in [6.45, 7) is 4.57. The van der Waals surface area contributed by atoms with Gasteiger partial charge in [-0.25, -0.2) is 4.68 Å². The molecule has 4 aromatic rings. The van der Waals surface area contributed by atoms with Crippen LogP contribution in [0.25, 0.3) is 20.2 Å². The highest BCUT2D eigenvalue weighted by atomic mass is 32.1. The van der Waals surface area contributed by atoms with Gasteiger partial charge in [-0.3, -0.25) is 9.59 Å². The van der Waals surface area contributed by atoms with Gasteiger partial charge in [0, 0.05) is 42.0 Å². The van der Waals surface area contributed by atoms with Crippen LogP contribution >= 0.6 is 11.3 Å². The van der Waals surface area contributed by atoms with Crippen molar-refractivity contribution in [3.8, 4) is 5.75 Å². The maximum absolute atomic E-state index is 13.2. The van der Waals surface area contributed by atoms with Crippen molar-refractivity contribution in [2.75, 3.05) is 38.2 Å². The molecule has 0 N–H and O–H groups in total. The first-order valence-electron chi connectivity index (χ1n) is 10.6. The van der Waals surface area contributed by atoms with Gasteiger partial charge in [0.15, 0.2) is 0 Å². The number of nitrogens with zero attached hydrogens (tertiary/aromatic N) is 4. The van der Waals surface area contributed by atoms with Crippen molar-refractivity contribution in [1.82, 2.24) is 14.7 Å². The fraction of sp³-hybridized carbons (Fsp3) is 0.292. The van der Waals surface area contributed by atoms with Crippen LogP contribution in [0.15, 0.2) is 53.3 Å². The monoisotopic (exact) mass is 448 g/mol. The molecule has 1 saturated heterocycles. The van der Waals surface area contributed by atoms with E-state index in [4.69, 9.17) is 4.74 Å². The SMILES string of the molecule is COc1ccc(N2CCN(C(=O)Cn3nc(C)c4sc5ccccc5c4c3=O)CC2)cc1. The lowest BCUT2D eigenvalue weighted by atomic mass is 10.2. The Morgan fingerprint density at radius 3 is 2.50 bits per heavy atom. The Morgan fingerprint density at radius 2 is 1.78 bits per heavy atom. The van der Waals surface area contributed by atoms with Crippen LogP contribution in [0, 0.1) is 6.92 Å². The summed E-state index contributed by atoms with van der Waals surface area (Å²) in [7, 11) is 1.65. The highest BCUT2D eigenvalue weighted by molar-refractivity contribution is 7.26. The van der Waals surface area contributed by atoms with E-state index in [1.165, 1.54) is 4.68 Å². The Labute approximate surface area is 189 Å². The van der Waals surface area contributed by atoms with E-state index in [0.29, 0.717) is 18.5 Å². The van der Waals surface area contributed by atoms with Gasteiger partial charge in [-0.05, 0) is 37.3 Å². The molecule has 0 aliphatic carbocycles. The first-order chi connectivity index (χ1) is 15.5. The van der Waals surface area contributed by atoms with Gasteiger partial charge in [-0.1, -0.05) is 18.2 Å². The van der Waals surface area contributed by atoms with E-state index in [0.717, 1.165) is 45.0 Å². The number of carbonyl (C=O) groups excluding carboxylic acids is 1. The molecule has 3 heterocycles. The van der Waals surface area contributed by atoms with Crippen molar-refractivity contribution in [3.63, 3.8) is 0 Å². The summed E-state index contributed by atoms with van der Waals surface area (Å²) in [5.74, 6) is 0.749. The summed E-state index contributed by atoms with van der Waals surface area (Å²) >= 11 is 1.57. The molecule has 2 aromatic heterocycles. The normalized spacial score (nSPS) is 14.3. The third kappa shape index (κ3) is 3.60. The van der Waals surface area contributed by atoms with Gasteiger partial charge in [0.05, 0.1) is 22.9 Å². The van der Waals surface area contributed by atoms with Crippen molar-refractivity contribution in [2.45, 2.75) is 13.5 Å². The number of benzene rings is 2. The molecule has 1 fully saturated rings. The maximum Gasteiger partial charge on any atom is 0.276 e. The second-order valence-corrected chi connectivity index (χ2v) is 8.97. The number of hydrogen-bond acceptors (Lipinski definition) is 6. The zero-order valence-corrected chi connectivity index (χ0v) is 18.9. The lowest BCUT2D eigenvalue weighted by molar-refractivity contribution is -0.132. The van der Waals surface area contributed by atoms with E-state index in [-0.39, 0.29) is 18.0 Å². The fourth-order valence-corrected chi connectivity index (χ4v) is 5.39. The smallest absolute Gasteiger partial charge is 0.276 e. The number of ether oxygens (including phenoxy) is 1. The molecule has 0 bridgehead atoms. The highest BCUT2D eigenvalue weighted by Crippen LogP contribution is 2.32. The second-order valence-electron chi connectivity index (χ2n) is 7.92. The average Bonchev–Trinajstić information content (AvgIpc) is 3.23. The Hall–Kier alpha value is -3.39. The molecule has 32 heavy (non-hydrogen) atoms. The van der Waals surface area contributed by atoms with E-state index < -0.39 is 0 Å². The number of fused-ring (bicyclic) bond motifs is 3. The van der Waals surface area contributed by atoms with E-state index in [2.05, 4.69) is 10.00 Å². The lowest BCUT2D eigenvalue weighted by Crippen LogP contribution is -2.50. The number of hydrogen-bond donors (Lipinski definition) is 0. The summed E-state index contributed by atoms with van der Waals surface area (Å²) in [5, 5.41) is 6.04. The molecule has 1 aliphatic rings. The number of methoxy groups -OCH3 is 1. The van der Waals surface area contributed by atoms with Crippen LogP contribution in [0.4, 0.5) is 5.69 Å². The summed E-state index contributed by atoms with van der Waals surface area (Å²) < 4.78 is 8.50. The summed E-state index contributed by atoms with van der Waals surface area (Å²) in [6.07, 6.45) is 0. The minimum atomic E-state index is -0.201. The molecule has 2 aromatic carbocycles. The second kappa shape index (κ2) is 8.27. The van der Waals surface area contributed by atoms with Gasteiger partial charge in [0.25, 0.3) is 5.56 Å². The molecular formula is C24H24N4O3S. The number of thiophene rings is 1. The maximum atomic E-state index is 13.2. The Bertz CT molecular complexity index is 1350. The molecule has 1 aliphatic heterocycles. The number of anilines is 1. The van der Waals surface area contributed by atoms with E-state index in [1.54, 1.807) is 18.4 Å². The molecule has 5 rings (SSSR count). The molecule has 8 heteroatoms. The molecule has 7 nitrogen and oxygen atoms in total. The zero-order valence-electron chi connectivity index (χ0n) is 18.1. The topological polar surface area (TPSA) is 67.7 Å². The van der Waals surface area contributed by atoms with Crippen LogP contribution in [-0.2, 0) is 11.3 Å². The summed E-state index contributed by atoms with van der Waals surface area (Å²) in [4.78, 5) is 30.2. The Balaban J connectivity index is 1.32. The molecule has 164 valence electrons. The minimum absolute atomic E-state index is 0.0394. The van der Waals surface area contributed by atoms with Crippen LogP contribution in [0.5, 0.6) is 5.75 Å². The number of carbonyl (C=O) groups is 1. The van der Waals surface area contributed by atoms with Gasteiger partial charge in [-0.2, -0.15) is 5.10 Å².